The number of hydrogen-bond acceptors (Lipinski definition) is 5. The van der Waals surface area contributed by atoms with Gasteiger partial charge in [-0.3, -0.25) is 9.59 Å². The van der Waals surface area contributed by atoms with Crippen LogP contribution in [0.5, 0.6) is 0 Å². The summed E-state index contributed by atoms with van der Waals surface area (Å²) in [5.41, 5.74) is -1.04. The molecule has 0 unspecified atom stereocenters. The number of terminal acetylenes is 1. The fourth-order valence-electron chi connectivity index (χ4n) is 4.54. The standard InChI is InChI=1S/C29H20F3N5O2/c1-4-17-8-11-22(35-16-17)36-26(38)20-15-18(9-10-21(20)29(30,31)32)19-12-14-34-25-24(19)28(2,3)27(39)37(25)23-7-5-6-13-33-23/h1,5-16H,2-3H3,(H,35,36,38). The highest BCUT2D eigenvalue weighted by Crippen LogP contribution is 2.48. The monoisotopic (exact) mass is 527 g/mol. The Balaban J connectivity index is 1.63. The van der Waals surface area contributed by atoms with E-state index in [4.69, 9.17) is 6.42 Å². The zero-order valence-electron chi connectivity index (χ0n) is 20.7. The molecule has 1 aliphatic heterocycles. The van der Waals surface area contributed by atoms with E-state index >= 15 is 0 Å². The zero-order chi connectivity index (χ0) is 27.9. The summed E-state index contributed by atoms with van der Waals surface area (Å²) in [6, 6.07) is 12.9. The number of carbonyl (C=O) groups excluding carboxylic acids is 2. The van der Waals surface area contributed by atoms with E-state index in [-0.39, 0.29) is 11.7 Å². The maximum absolute atomic E-state index is 13.9. The molecule has 1 N–H and O–H groups in total. The Morgan fingerprint density at radius 3 is 2.46 bits per heavy atom. The van der Waals surface area contributed by atoms with Crippen LogP contribution in [0.2, 0.25) is 0 Å². The topological polar surface area (TPSA) is 88.1 Å². The number of carbonyl (C=O) groups is 2. The van der Waals surface area contributed by atoms with Gasteiger partial charge in [0.05, 0.1) is 16.5 Å². The normalized spacial score (nSPS) is 14.1. The first-order chi connectivity index (χ1) is 18.5. The van der Waals surface area contributed by atoms with Crippen LogP contribution in [0.15, 0.2) is 73.2 Å². The van der Waals surface area contributed by atoms with Crippen molar-refractivity contribution >= 4 is 29.3 Å². The molecule has 1 aliphatic rings. The second kappa shape index (κ2) is 9.36. The molecule has 0 saturated heterocycles. The molecule has 39 heavy (non-hydrogen) atoms. The minimum Gasteiger partial charge on any atom is -0.307 e. The highest BCUT2D eigenvalue weighted by molar-refractivity contribution is 6.13. The molecule has 2 amide bonds. The van der Waals surface area contributed by atoms with Crippen LogP contribution in [0.1, 0.15) is 40.9 Å². The summed E-state index contributed by atoms with van der Waals surface area (Å²) in [7, 11) is 0. The van der Waals surface area contributed by atoms with E-state index in [2.05, 4.69) is 26.2 Å². The summed E-state index contributed by atoms with van der Waals surface area (Å²) < 4.78 is 41.8. The van der Waals surface area contributed by atoms with Crippen LogP contribution in [0.4, 0.5) is 30.6 Å². The Kier molecular flexibility index (Phi) is 6.15. The van der Waals surface area contributed by atoms with Crippen molar-refractivity contribution in [2.24, 2.45) is 0 Å². The fourth-order valence-corrected chi connectivity index (χ4v) is 4.54. The number of rotatable bonds is 4. The number of aromatic nitrogens is 3. The smallest absolute Gasteiger partial charge is 0.307 e. The average molecular weight is 528 g/mol. The van der Waals surface area contributed by atoms with Crippen molar-refractivity contribution in [2.45, 2.75) is 25.4 Å². The third kappa shape index (κ3) is 4.48. The van der Waals surface area contributed by atoms with Crippen LogP contribution in [0, 0.1) is 12.3 Å². The average Bonchev–Trinajstić information content (AvgIpc) is 3.13. The van der Waals surface area contributed by atoms with E-state index in [1.807, 2.05) is 0 Å². The Labute approximate surface area is 221 Å². The molecule has 0 radical (unpaired) electrons. The third-order valence-corrected chi connectivity index (χ3v) is 6.44. The number of hydrogen-bond donors (Lipinski definition) is 1. The lowest BCUT2D eigenvalue weighted by Crippen LogP contribution is -2.33. The van der Waals surface area contributed by atoms with E-state index in [1.54, 1.807) is 44.3 Å². The van der Waals surface area contributed by atoms with Crippen molar-refractivity contribution in [1.29, 1.82) is 0 Å². The number of anilines is 3. The molecular weight excluding hydrogens is 507 g/mol. The van der Waals surface area contributed by atoms with Crippen LogP contribution >= 0.6 is 0 Å². The number of nitrogens with one attached hydrogen (secondary N) is 1. The van der Waals surface area contributed by atoms with Gasteiger partial charge in [-0.25, -0.2) is 19.9 Å². The molecular formula is C29H20F3N5O2. The maximum atomic E-state index is 13.9. The van der Waals surface area contributed by atoms with E-state index in [0.717, 1.165) is 12.1 Å². The summed E-state index contributed by atoms with van der Waals surface area (Å²) in [5.74, 6) is 1.82. The quantitative estimate of drug-likeness (QED) is 0.342. The van der Waals surface area contributed by atoms with Crippen molar-refractivity contribution in [2.75, 3.05) is 10.2 Å². The van der Waals surface area contributed by atoms with Gasteiger partial charge in [-0.15, -0.1) is 6.42 Å². The van der Waals surface area contributed by atoms with Gasteiger partial charge >= 0.3 is 6.18 Å². The molecule has 0 spiro atoms. The van der Waals surface area contributed by atoms with Gasteiger partial charge in [-0.2, -0.15) is 13.2 Å². The van der Waals surface area contributed by atoms with Crippen LogP contribution in [0.3, 0.4) is 0 Å². The Hall–Kier alpha value is -5.04. The molecule has 0 aliphatic carbocycles. The van der Waals surface area contributed by atoms with E-state index in [9.17, 15) is 22.8 Å². The number of halogens is 3. The van der Waals surface area contributed by atoms with Crippen molar-refractivity contribution in [3.05, 3.63) is 95.4 Å². The van der Waals surface area contributed by atoms with Gasteiger partial charge < -0.3 is 5.32 Å². The van der Waals surface area contributed by atoms with Gasteiger partial charge in [0.25, 0.3) is 5.91 Å². The van der Waals surface area contributed by atoms with Crippen molar-refractivity contribution in [3.8, 4) is 23.5 Å². The summed E-state index contributed by atoms with van der Waals surface area (Å²) in [6.07, 6.45) is 4.85. The molecule has 7 nitrogen and oxygen atoms in total. The summed E-state index contributed by atoms with van der Waals surface area (Å²) in [5, 5.41) is 2.40. The predicted molar refractivity (Wildman–Crippen MR) is 139 cm³/mol. The zero-order valence-corrected chi connectivity index (χ0v) is 20.7. The van der Waals surface area contributed by atoms with E-state index in [1.165, 1.54) is 35.5 Å². The number of amides is 2. The lowest BCUT2D eigenvalue weighted by Gasteiger charge is -2.20. The largest absolute Gasteiger partial charge is 0.417 e. The van der Waals surface area contributed by atoms with Gasteiger partial charge in [0, 0.05) is 29.7 Å². The highest BCUT2D eigenvalue weighted by Gasteiger charge is 2.48. The Bertz CT molecular complexity index is 1640. The Morgan fingerprint density at radius 1 is 1.03 bits per heavy atom. The molecule has 194 valence electrons. The van der Waals surface area contributed by atoms with E-state index < -0.39 is 28.6 Å². The molecule has 0 bridgehead atoms. The minimum absolute atomic E-state index is 0.0417. The number of fused-ring (bicyclic) bond motifs is 1. The molecule has 0 atom stereocenters. The van der Waals surface area contributed by atoms with Gasteiger partial charge in [0.15, 0.2) is 0 Å². The maximum Gasteiger partial charge on any atom is 0.417 e. The molecule has 5 rings (SSSR count). The lowest BCUT2D eigenvalue weighted by molar-refractivity contribution is -0.137. The van der Waals surface area contributed by atoms with Gasteiger partial charge in [-0.1, -0.05) is 18.1 Å². The van der Waals surface area contributed by atoms with Gasteiger partial charge in [0.1, 0.15) is 17.5 Å². The summed E-state index contributed by atoms with van der Waals surface area (Å²) >= 11 is 0. The van der Waals surface area contributed by atoms with Crippen LogP contribution in [-0.2, 0) is 16.4 Å². The first kappa shape index (κ1) is 25.6. The number of alkyl halides is 3. The van der Waals surface area contributed by atoms with Crippen LogP contribution < -0.4 is 10.2 Å². The van der Waals surface area contributed by atoms with Crippen LogP contribution in [0.25, 0.3) is 11.1 Å². The van der Waals surface area contributed by atoms with Crippen LogP contribution in [-0.4, -0.2) is 26.8 Å². The highest BCUT2D eigenvalue weighted by atomic mass is 19.4. The van der Waals surface area contributed by atoms with Crippen molar-refractivity contribution in [1.82, 2.24) is 15.0 Å². The van der Waals surface area contributed by atoms with Gasteiger partial charge in [0.2, 0.25) is 5.91 Å². The number of nitrogens with zero attached hydrogens (tertiary/aromatic N) is 4. The molecule has 3 aromatic heterocycles. The molecule has 4 aromatic rings. The fraction of sp³-hybridized carbons (Fsp3) is 0.138. The van der Waals surface area contributed by atoms with E-state index in [0.29, 0.717) is 33.9 Å². The molecule has 0 fully saturated rings. The number of benzene rings is 1. The summed E-state index contributed by atoms with van der Waals surface area (Å²) in [4.78, 5) is 40.7. The van der Waals surface area contributed by atoms with Crippen molar-refractivity contribution in [3.63, 3.8) is 0 Å². The predicted octanol–water partition coefficient (Wildman–Crippen LogP) is 5.75. The SMILES string of the molecule is C#Cc1ccc(NC(=O)c2cc(-c3ccnc4c3C(C)(C)C(=O)N4c3ccccn3)ccc2C(F)(F)F)nc1. The molecule has 1 aromatic carbocycles. The minimum atomic E-state index is -4.79. The molecule has 10 heteroatoms. The Morgan fingerprint density at radius 2 is 1.82 bits per heavy atom. The number of pyridine rings is 3. The molecule has 4 heterocycles. The third-order valence-electron chi connectivity index (χ3n) is 6.44. The van der Waals surface area contributed by atoms with Gasteiger partial charge in [-0.05, 0) is 67.4 Å². The summed E-state index contributed by atoms with van der Waals surface area (Å²) in [6.45, 7) is 3.43. The van der Waals surface area contributed by atoms with Crippen molar-refractivity contribution < 1.29 is 22.8 Å². The first-order valence-corrected chi connectivity index (χ1v) is 11.7. The molecule has 0 saturated carbocycles. The lowest BCUT2D eigenvalue weighted by atomic mass is 9.82. The first-order valence-electron chi connectivity index (χ1n) is 11.7. The second-order valence-electron chi connectivity index (χ2n) is 9.30. The second-order valence-corrected chi connectivity index (χ2v) is 9.30.